The van der Waals surface area contributed by atoms with Gasteiger partial charge in [-0.05, 0) is 38.1 Å². The molecule has 3 fully saturated rings. The van der Waals surface area contributed by atoms with Crippen LogP contribution in [-0.4, -0.2) is 36.5 Å². The minimum Gasteiger partial charge on any atom is -0.341 e. The number of nitrogens with one attached hydrogen (secondary N) is 1. The number of nitrogens with zero attached hydrogens (tertiary/aromatic N) is 1. The molecule has 96 valence electrons. The Balaban J connectivity index is 1.59. The summed E-state index contributed by atoms with van der Waals surface area (Å²) in [7, 11) is 0. The lowest BCUT2D eigenvalue weighted by Crippen LogP contribution is -2.41. The van der Waals surface area contributed by atoms with Crippen molar-refractivity contribution in [3.63, 3.8) is 0 Å². The van der Waals surface area contributed by atoms with E-state index in [4.69, 9.17) is 0 Å². The lowest BCUT2D eigenvalue weighted by Gasteiger charge is -2.26. The number of carbonyl (C=O) groups excluding carboxylic acids is 1. The van der Waals surface area contributed by atoms with Crippen LogP contribution >= 0.6 is 0 Å². The maximum absolute atomic E-state index is 12.4. The number of fused-ring (bicyclic) bond motifs is 1. The number of piperidine rings is 1. The molecular formula is C14H24N2O. The van der Waals surface area contributed by atoms with Gasteiger partial charge in [0.2, 0.25) is 5.91 Å². The van der Waals surface area contributed by atoms with Gasteiger partial charge in [0.05, 0.1) is 0 Å². The molecule has 0 radical (unpaired) electrons. The van der Waals surface area contributed by atoms with E-state index in [0.29, 0.717) is 17.9 Å². The number of carbonyl (C=O) groups is 1. The third kappa shape index (κ3) is 2.35. The standard InChI is InChI=1S/C14H24N2O/c17-14(11-5-2-1-3-6-11)16-9-12-7-4-8-15-13(12)10-16/h11-13,15H,1-10H2/t12-,13+/m0/s1. The highest BCUT2D eigenvalue weighted by atomic mass is 16.2. The molecule has 1 amide bonds. The molecule has 2 saturated heterocycles. The summed E-state index contributed by atoms with van der Waals surface area (Å²) in [6.45, 7) is 3.14. The van der Waals surface area contributed by atoms with E-state index in [-0.39, 0.29) is 0 Å². The Morgan fingerprint density at radius 2 is 1.82 bits per heavy atom. The van der Waals surface area contributed by atoms with Crippen LogP contribution in [0.3, 0.4) is 0 Å². The summed E-state index contributed by atoms with van der Waals surface area (Å²) < 4.78 is 0. The van der Waals surface area contributed by atoms with Crippen LogP contribution in [0.4, 0.5) is 0 Å². The average Bonchev–Trinajstić information content (AvgIpc) is 2.82. The van der Waals surface area contributed by atoms with E-state index in [0.717, 1.165) is 38.4 Å². The van der Waals surface area contributed by atoms with Crippen molar-refractivity contribution < 1.29 is 4.79 Å². The van der Waals surface area contributed by atoms with Crippen LogP contribution in [0, 0.1) is 11.8 Å². The molecule has 0 aromatic rings. The van der Waals surface area contributed by atoms with Gasteiger partial charge >= 0.3 is 0 Å². The third-order valence-electron chi connectivity index (χ3n) is 4.87. The molecule has 1 N–H and O–H groups in total. The first-order valence-corrected chi connectivity index (χ1v) is 7.37. The van der Waals surface area contributed by atoms with Gasteiger partial charge in [-0.1, -0.05) is 19.3 Å². The van der Waals surface area contributed by atoms with Crippen LogP contribution in [0.5, 0.6) is 0 Å². The zero-order valence-electron chi connectivity index (χ0n) is 10.7. The molecule has 0 aromatic heterocycles. The molecule has 2 heterocycles. The van der Waals surface area contributed by atoms with Crippen molar-refractivity contribution in [2.24, 2.45) is 11.8 Å². The number of hydrogen-bond acceptors (Lipinski definition) is 2. The van der Waals surface area contributed by atoms with E-state index >= 15 is 0 Å². The lowest BCUT2D eigenvalue weighted by molar-refractivity contribution is -0.135. The van der Waals surface area contributed by atoms with Gasteiger partial charge in [0, 0.05) is 25.0 Å². The molecule has 2 aliphatic heterocycles. The molecule has 0 aromatic carbocycles. The highest BCUT2D eigenvalue weighted by Crippen LogP contribution is 2.30. The van der Waals surface area contributed by atoms with Crippen molar-refractivity contribution >= 4 is 5.91 Å². The van der Waals surface area contributed by atoms with Crippen molar-refractivity contribution in [1.82, 2.24) is 10.2 Å². The van der Waals surface area contributed by atoms with Crippen LogP contribution in [0.2, 0.25) is 0 Å². The zero-order chi connectivity index (χ0) is 11.7. The lowest BCUT2D eigenvalue weighted by atomic mass is 9.88. The van der Waals surface area contributed by atoms with Crippen LogP contribution < -0.4 is 5.32 Å². The second-order valence-corrected chi connectivity index (χ2v) is 6.04. The molecule has 1 saturated carbocycles. The summed E-state index contributed by atoms with van der Waals surface area (Å²) in [5.41, 5.74) is 0. The normalized spacial score (nSPS) is 34.7. The number of hydrogen-bond donors (Lipinski definition) is 1. The Morgan fingerprint density at radius 3 is 2.59 bits per heavy atom. The van der Waals surface area contributed by atoms with E-state index in [9.17, 15) is 4.79 Å². The molecule has 3 heteroatoms. The summed E-state index contributed by atoms with van der Waals surface area (Å²) in [6.07, 6.45) is 8.72. The van der Waals surface area contributed by atoms with Crippen molar-refractivity contribution in [2.75, 3.05) is 19.6 Å². The Hall–Kier alpha value is -0.570. The topological polar surface area (TPSA) is 32.3 Å². The molecule has 0 spiro atoms. The second-order valence-electron chi connectivity index (χ2n) is 6.04. The van der Waals surface area contributed by atoms with Crippen LogP contribution in [-0.2, 0) is 4.79 Å². The predicted molar refractivity (Wildman–Crippen MR) is 67.7 cm³/mol. The van der Waals surface area contributed by atoms with E-state index < -0.39 is 0 Å². The summed E-state index contributed by atoms with van der Waals surface area (Å²) in [5.74, 6) is 1.54. The van der Waals surface area contributed by atoms with Gasteiger partial charge in [0.15, 0.2) is 0 Å². The largest absolute Gasteiger partial charge is 0.341 e. The molecule has 1 aliphatic carbocycles. The fourth-order valence-electron chi connectivity index (χ4n) is 3.83. The number of rotatable bonds is 1. The Labute approximate surface area is 104 Å². The summed E-state index contributed by atoms with van der Waals surface area (Å²) in [6, 6.07) is 0.594. The minimum atomic E-state index is 0.351. The van der Waals surface area contributed by atoms with E-state index in [2.05, 4.69) is 10.2 Å². The molecule has 3 aliphatic rings. The second kappa shape index (κ2) is 4.97. The third-order valence-corrected chi connectivity index (χ3v) is 4.87. The Morgan fingerprint density at radius 1 is 1.00 bits per heavy atom. The molecule has 2 atom stereocenters. The van der Waals surface area contributed by atoms with Gasteiger partial charge < -0.3 is 10.2 Å². The SMILES string of the molecule is O=C(C1CCCCC1)N1C[C@@H]2CCCN[C@@H]2C1. The fourth-order valence-corrected chi connectivity index (χ4v) is 3.83. The first-order valence-electron chi connectivity index (χ1n) is 7.37. The van der Waals surface area contributed by atoms with Crippen LogP contribution in [0.1, 0.15) is 44.9 Å². The average molecular weight is 236 g/mol. The quantitative estimate of drug-likeness (QED) is 0.752. The zero-order valence-corrected chi connectivity index (χ0v) is 10.7. The summed E-state index contributed by atoms with van der Waals surface area (Å²) >= 11 is 0. The highest BCUT2D eigenvalue weighted by molar-refractivity contribution is 5.79. The summed E-state index contributed by atoms with van der Waals surface area (Å²) in [4.78, 5) is 14.6. The maximum Gasteiger partial charge on any atom is 0.225 e. The van der Waals surface area contributed by atoms with Crippen molar-refractivity contribution in [2.45, 2.75) is 51.0 Å². The predicted octanol–water partition coefficient (Wildman–Crippen LogP) is 1.78. The molecule has 17 heavy (non-hydrogen) atoms. The fraction of sp³-hybridized carbons (Fsp3) is 0.929. The van der Waals surface area contributed by atoms with Gasteiger partial charge in [-0.15, -0.1) is 0 Å². The molecule has 0 bridgehead atoms. The van der Waals surface area contributed by atoms with E-state index in [1.807, 2.05) is 0 Å². The van der Waals surface area contributed by atoms with Gasteiger partial charge in [-0.3, -0.25) is 4.79 Å². The van der Waals surface area contributed by atoms with Gasteiger partial charge in [-0.25, -0.2) is 0 Å². The summed E-state index contributed by atoms with van der Waals surface area (Å²) in [5, 5.41) is 3.57. The van der Waals surface area contributed by atoms with Crippen LogP contribution in [0.15, 0.2) is 0 Å². The Kier molecular flexibility index (Phi) is 3.37. The monoisotopic (exact) mass is 236 g/mol. The number of amides is 1. The first-order chi connectivity index (χ1) is 8.34. The van der Waals surface area contributed by atoms with Crippen molar-refractivity contribution in [3.05, 3.63) is 0 Å². The maximum atomic E-state index is 12.4. The van der Waals surface area contributed by atoms with Crippen molar-refractivity contribution in [1.29, 1.82) is 0 Å². The Bertz CT molecular complexity index is 272. The molecular weight excluding hydrogens is 212 g/mol. The van der Waals surface area contributed by atoms with Crippen LogP contribution in [0.25, 0.3) is 0 Å². The van der Waals surface area contributed by atoms with E-state index in [1.165, 1.54) is 32.1 Å². The van der Waals surface area contributed by atoms with E-state index in [1.54, 1.807) is 0 Å². The first kappa shape index (κ1) is 11.5. The highest BCUT2D eigenvalue weighted by Gasteiger charge is 2.38. The molecule has 0 unspecified atom stereocenters. The van der Waals surface area contributed by atoms with Gasteiger partial charge in [-0.2, -0.15) is 0 Å². The van der Waals surface area contributed by atoms with Gasteiger partial charge in [0.25, 0.3) is 0 Å². The van der Waals surface area contributed by atoms with Gasteiger partial charge in [0.1, 0.15) is 0 Å². The molecule has 3 nitrogen and oxygen atoms in total. The molecule has 3 rings (SSSR count). The minimum absolute atomic E-state index is 0.351. The van der Waals surface area contributed by atoms with Crippen molar-refractivity contribution in [3.8, 4) is 0 Å². The number of likely N-dealkylation sites (tertiary alicyclic amines) is 1. The smallest absolute Gasteiger partial charge is 0.225 e.